The van der Waals surface area contributed by atoms with Gasteiger partial charge in [0.1, 0.15) is 18.2 Å². The third-order valence-corrected chi connectivity index (χ3v) is 5.86. The molecule has 0 radical (unpaired) electrons. The van der Waals surface area contributed by atoms with Gasteiger partial charge in [-0.3, -0.25) is 9.69 Å². The Bertz CT molecular complexity index is 1070. The number of ether oxygens (including phenoxy) is 2. The van der Waals surface area contributed by atoms with Gasteiger partial charge in [-0.1, -0.05) is 42.5 Å². The van der Waals surface area contributed by atoms with Crippen molar-refractivity contribution < 1.29 is 29.0 Å². The van der Waals surface area contributed by atoms with Crippen molar-refractivity contribution in [3.05, 3.63) is 59.2 Å². The average Bonchev–Trinajstić information content (AvgIpc) is 3.33. The number of carboxylic acid groups (broad SMARTS) is 1. The molecule has 0 unspecified atom stereocenters. The predicted octanol–water partition coefficient (Wildman–Crippen LogP) is 4.01. The molecular weight excluding hydrogens is 410 g/mol. The minimum absolute atomic E-state index is 0.00932. The molecule has 2 aromatic rings. The molecule has 7 heteroatoms. The Morgan fingerprint density at radius 2 is 1.78 bits per heavy atom. The lowest BCUT2D eigenvalue weighted by Crippen LogP contribution is -2.41. The van der Waals surface area contributed by atoms with Crippen LogP contribution in [0.4, 0.5) is 4.79 Å². The lowest BCUT2D eigenvalue weighted by Gasteiger charge is -2.22. The fraction of sp³-hybridized carbons (Fsp3) is 0.400. The SMILES string of the molecule is CC(C)(C)OC(=O)[C@H]1C[C@H](C(=O)O)N(C(=O)OCc2cccc3c2Cc2ccccc2-3)C1. The van der Waals surface area contributed by atoms with E-state index >= 15 is 0 Å². The summed E-state index contributed by atoms with van der Waals surface area (Å²) in [4.78, 5) is 38.1. The Kier molecular flexibility index (Phi) is 5.67. The van der Waals surface area contributed by atoms with E-state index in [1.54, 1.807) is 20.8 Å². The standard InChI is InChI=1S/C25H27NO6/c1-25(2,3)32-23(29)17-12-21(22(27)28)26(13-17)24(30)31-14-16-8-6-10-19-18-9-5-4-7-15(18)11-20(16)19/h4-10,17,21H,11-14H2,1-3H3,(H,27,28)/t17-,21+/m0/s1. The maximum absolute atomic E-state index is 12.8. The van der Waals surface area contributed by atoms with Crippen LogP contribution in [0.3, 0.4) is 0 Å². The van der Waals surface area contributed by atoms with Gasteiger partial charge in [0.05, 0.1) is 5.92 Å². The van der Waals surface area contributed by atoms with Gasteiger partial charge in [-0.15, -0.1) is 0 Å². The highest BCUT2D eigenvalue weighted by Crippen LogP contribution is 2.38. The largest absolute Gasteiger partial charge is 0.480 e. The highest BCUT2D eigenvalue weighted by Gasteiger charge is 2.44. The third-order valence-electron chi connectivity index (χ3n) is 5.86. The minimum Gasteiger partial charge on any atom is -0.480 e. The van der Waals surface area contributed by atoms with Gasteiger partial charge in [0, 0.05) is 6.54 Å². The zero-order chi connectivity index (χ0) is 23.0. The number of carbonyl (C=O) groups is 3. The molecule has 168 valence electrons. The minimum atomic E-state index is -1.16. The summed E-state index contributed by atoms with van der Waals surface area (Å²) in [5.41, 5.74) is 4.86. The molecule has 0 aromatic heterocycles. The molecule has 0 bridgehead atoms. The van der Waals surface area contributed by atoms with Gasteiger partial charge in [0.25, 0.3) is 0 Å². The summed E-state index contributed by atoms with van der Waals surface area (Å²) in [6.45, 7) is 5.24. The quantitative estimate of drug-likeness (QED) is 0.620. The summed E-state index contributed by atoms with van der Waals surface area (Å²) in [5.74, 6) is -2.36. The van der Waals surface area contributed by atoms with Crippen molar-refractivity contribution >= 4 is 18.0 Å². The molecule has 2 atom stereocenters. The first kappa shape index (κ1) is 21.9. The molecule has 0 saturated carbocycles. The van der Waals surface area contributed by atoms with Crippen LogP contribution in [0.2, 0.25) is 0 Å². The van der Waals surface area contributed by atoms with E-state index in [0.29, 0.717) is 0 Å². The Morgan fingerprint density at radius 3 is 2.50 bits per heavy atom. The van der Waals surface area contributed by atoms with Crippen LogP contribution >= 0.6 is 0 Å². The van der Waals surface area contributed by atoms with Crippen molar-refractivity contribution in [2.75, 3.05) is 6.54 Å². The first-order chi connectivity index (χ1) is 15.1. The number of fused-ring (bicyclic) bond motifs is 3. The van der Waals surface area contributed by atoms with Crippen molar-refractivity contribution in [3.8, 4) is 11.1 Å². The first-order valence-corrected chi connectivity index (χ1v) is 10.7. The Balaban J connectivity index is 1.45. The van der Waals surface area contributed by atoms with E-state index in [1.165, 1.54) is 11.1 Å². The summed E-state index contributed by atoms with van der Waals surface area (Å²) < 4.78 is 10.9. The number of benzene rings is 2. The lowest BCUT2D eigenvalue weighted by atomic mass is 10.0. The number of carboxylic acids is 1. The average molecular weight is 437 g/mol. The predicted molar refractivity (Wildman–Crippen MR) is 117 cm³/mol. The molecule has 4 rings (SSSR count). The van der Waals surface area contributed by atoms with E-state index < -0.39 is 35.6 Å². The van der Waals surface area contributed by atoms with Gasteiger partial charge in [0.15, 0.2) is 0 Å². The first-order valence-electron chi connectivity index (χ1n) is 10.7. The molecular formula is C25H27NO6. The highest BCUT2D eigenvalue weighted by atomic mass is 16.6. The number of nitrogens with zero attached hydrogens (tertiary/aromatic N) is 1. The molecule has 1 fully saturated rings. The van der Waals surface area contributed by atoms with E-state index in [2.05, 4.69) is 18.2 Å². The molecule has 32 heavy (non-hydrogen) atoms. The second-order valence-electron chi connectivity index (χ2n) is 9.30. The Labute approximate surface area is 186 Å². The van der Waals surface area contributed by atoms with Gasteiger partial charge < -0.3 is 14.6 Å². The number of amides is 1. The van der Waals surface area contributed by atoms with Crippen molar-refractivity contribution in [2.45, 2.75) is 51.9 Å². The van der Waals surface area contributed by atoms with E-state index in [1.807, 2.05) is 24.3 Å². The molecule has 1 aliphatic heterocycles. The van der Waals surface area contributed by atoms with Gasteiger partial charge >= 0.3 is 18.0 Å². The third kappa shape index (κ3) is 4.33. The highest BCUT2D eigenvalue weighted by molar-refractivity contribution is 5.84. The fourth-order valence-electron chi connectivity index (χ4n) is 4.41. The molecule has 1 amide bonds. The van der Waals surface area contributed by atoms with Crippen LogP contribution in [0, 0.1) is 5.92 Å². The molecule has 1 aliphatic carbocycles. The van der Waals surface area contributed by atoms with Gasteiger partial charge in [0.2, 0.25) is 0 Å². The second-order valence-corrected chi connectivity index (χ2v) is 9.30. The van der Waals surface area contributed by atoms with E-state index in [4.69, 9.17) is 9.47 Å². The maximum Gasteiger partial charge on any atom is 0.410 e. The molecule has 1 N–H and O–H groups in total. The fourth-order valence-corrected chi connectivity index (χ4v) is 4.41. The van der Waals surface area contributed by atoms with Crippen LogP contribution in [0.5, 0.6) is 0 Å². The van der Waals surface area contributed by atoms with Crippen LogP contribution in [-0.2, 0) is 32.1 Å². The lowest BCUT2D eigenvalue weighted by molar-refractivity contribution is -0.159. The molecule has 2 aliphatic rings. The Morgan fingerprint density at radius 1 is 1.06 bits per heavy atom. The van der Waals surface area contributed by atoms with Crippen LogP contribution < -0.4 is 0 Å². The summed E-state index contributed by atoms with van der Waals surface area (Å²) >= 11 is 0. The smallest absolute Gasteiger partial charge is 0.410 e. The summed E-state index contributed by atoms with van der Waals surface area (Å²) in [6.07, 6.45) is 0.0353. The zero-order valence-electron chi connectivity index (χ0n) is 18.5. The Hall–Kier alpha value is -3.35. The van der Waals surface area contributed by atoms with Gasteiger partial charge in [-0.25, -0.2) is 9.59 Å². The number of hydrogen-bond acceptors (Lipinski definition) is 5. The van der Waals surface area contributed by atoms with Crippen molar-refractivity contribution in [2.24, 2.45) is 5.92 Å². The summed E-state index contributed by atoms with van der Waals surface area (Å²) in [5, 5.41) is 9.58. The number of carbonyl (C=O) groups excluding carboxylic acids is 2. The van der Waals surface area contributed by atoms with Crippen LogP contribution in [0.15, 0.2) is 42.5 Å². The topological polar surface area (TPSA) is 93.1 Å². The molecule has 0 spiro atoms. The van der Waals surface area contributed by atoms with E-state index in [-0.39, 0.29) is 19.6 Å². The maximum atomic E-state index is 12.8. The van der Waals surface area contributed by atoms with Crippen molar-refractivity contribution in [3.63, 3.8) is 0 Å². The number of aliphatic carboxylic acids is 1. The molecule has 7 nitrogen and oxygen atoms in total. The van der Waals surface area contributed by atoms with E-state index in [9.17, 15) is 19.5 Å². The van der Waals surface area contributed by atoms with Crippen molar-refractivity contribution in [1.29, 1.82) is 0 Å². The molecule has 2 aromatic carbocycles. The summed E-state index contributed by atoms with van der Waals surface area (Å²) in [7, 11) is 0. The summed E-state index contributed by atoms with van der Waals surface area (Å²) in [6, 6.07) is 13.0. The monoisotopic (exact) mass is 437 g/mol. The normalized spacial score (nSPS) is 19.3. The van der Waals surface area contributed by atoms with Gasteiger partial charge in [-0.05, 0) is 61.4 Å². The van der Waals surface area contributed by atoms with E-state index in [0.717, 1.165) is 28.0 Å². The number of hydrogen-bond donors (Lipinski definition) is 1. The second kappa shape index (κ2) is 8.30. The number of rotatable bonds is 4. The number of esters is 1. The van der Waals surface area contributed by atoms with Crippen LogP contribution in [-0.4, -0.2) is 46.2 Å². The zero-order valence-corrected chi connectivity index (χ0v) is 18.5. The molecule has 1 heterocycles. The molecule has 1 saturated heterocycles. The van der Waals surface area contributed by atoms with Crippen LogP contribution in [0.25, 0.3) is 11.1 Å². The van der Waals surface area contributed by atoms with Gasteiger partial charge in [-0.2, -0.15) is 0 Å². The van der Waals surface area contributed by atoms with Crippen LogP contribution in [0.1, 0.15) is 43.9 Å². The number of likely N-dealkylation sites (tertiary alicyclic amines) is 1. The van der Waals surface area contributed by atoms with Crippen molar-refractivity contribution in [1.82, 2.24) is 4.90 Å².